The summed E-state index contributed by atoms with van der Waals surface area (Å²) in [6, 6.07) is 2.87. The molecule has 0 aliphatic heterocycles. The van der Waals surface area contributed by atoms with Crippen molar-refractivity contribution < 1.29 is 17.2 Å². The molecule has 0 saturated carbocycles. The molecular formula is C10H14F2N4O2S. The Morgan fingerprint density at radius 1 is 1.42 bits per heavy atom. The zero-order valence-electron chi connectivity index (χ0n) is 10.2. The average Bonchev–Trinajstić information content (AvgIpc) is 2.28. The molecule has 0 aromatic heterocycles. The van der Waals surface area contributed by atoms with Gasteiger partial charge in [0.25, 0.3) is 0 Å². The van der Waals surface area contributed by atoms with E-state index in [1.54, 1.807) is 0 Å². The fraction of sp³-hybridized carbons (Fsp3) is 0.300. The smallest absolute Gasteiger partial charge is 0.208 e. The van der Waals surface area contributed by atoms with E-state index in [1.165, 1.54) is 0 Å². The van der Waals surface area contributed by atoms with Gasteiger partial charge >= 0.3 is 0 Å². The number of hydrogen-bond donors (Lipinski definition) is 3. The van der Waals surface area contributed by atoms with Crippen molar-refractivity contribution in [3.8, 4) is 0 Å². The van der Waals surface area contributed by atoms with Gasteiger partial charge in [0.05, 0.1) is 18.5 Å². The van der Waals surface area contributed by atoms with E-state index >= 15 is 0 Å². The number of nitrogens with one attached hydrogen (secondary N) is 2. The molecule has 0 heterocycles. The molecular weight excluding hydrogens is 278 g/mol. The maximum atomic E-state index is 13.2. The lowest BCUT2D eigenvalue weighted by Gasteiger charge is -2.07. The zero-order chi connectivity index (χ0) is 14.5. The maximum Gasteiger partial charge on any atom is 0.208 e. The maximum absolute atomic E-state index is 13.2. The van der Waals surface area contributed by atoms with Crippen LogP contribution in [0.1, 0.15) is 0 Å². The molecule has 1 rings (SSSR count). The number of anilines is 1. The second kappa shape index (κ2) is 6.43. The lowest BCUT2D eigenvalue weighted by atomic mass is 10.3. The van der Waals surface area contributed by atoms with Crippen molar-refractivity contribution in [1.29, 1.82) is 0 Å². The first-order chi connectivity index (χ1) is 8.78. The van der Waals surface area contributed by atoms with Crippen molar-refractivity contribution in [2.45, 2.75) is 0 Å². The van der Waals surface area contributed by atoms with Gasteiger partial charge < -0.3 is 11.1 Å². The summed E-state index contributed by atoms with van der Waals surface area (Å²) in [6.07, 6.45) is 1.01. The van der Waals surface area contributed by atoms with Gasteiger partial charge in [0.15, 0.2) is 5.96 Å². The van der Waals surface area contributed by atoms with Crippen molar-refractivity contribution in [2.24, 2.45) is 10.7 Å². The number of benzene rings is 1. The molecule has 4 N–H and O–H groups in total. The fourth-order valence-electron chi connectivity index (χ4n) is 1.18. The van der Waals surface area contributed by atoms with Crippen molar-refractivity contribution in [3.63, 3.8) is 0 Å². The van der Waals surface area contributed by atoms with Crippen LogP contribution in [0.3, 0.4) is 0 Å². The second-order valence-electron chi connectivity index (χ2n) is 3.68. The lowest BCUT2D eigenvalue weighted by molar-refractivity contribution is 0.588. The summed E-state index contributed by atoms with van der Waals surface area (Å²) < 4.78 is 49.8. The van der Waals surface area contributed by atoms with Gasteiger partial charge in [-0.2, -0.15) is 0 Å². The molecule has 0 aliphatic rings. The molecule has 1 aromatic carbocycles. The Hall–Kier alpha value is -1.74. The largest absolute Gasteiger partial charge is 0.370 e. The van der Waals surface area contributed by atoms with Gasteiger partial charge in [-0.15, -0.1) is 0 Å². The van der Waals surface area contributed by atoms with E-state index in [0.29, 0.717) is 0 Å². The lowest BCUT2D eigenvalue weighted by Crippen LogP contribution is -2.28. The van der Waals surface area contributed by atoms with E-state index in [2.05, 4.69) is 15.0 Å². The summed E-state index contributed by atoms with van der Waals surface area (Å²) in [5, 5.41) is 2.38. The average molecular weight is 292 g/mol. The molecule has 0 bridgehead atoms. The van der Waals surface area contributed by atoms with Crippen molar-refractivity contribution >= 4 is 21.7 Å². The molecule has 0 unspecified atom stereocenters. The number of aliphatic imine (C=N–C) groups is 1. The quantitative estimate of drug-likeness (QED) is 0.411. The van der Waals surface area contributed by atoms with E-state index in [4.69, 9.17) is 5.73 Å². The van der Waals surface area contributed by atoms with Crippen molar-refractivity contribution in [1.82, 2.24) is 4.72 Å². The molecule has 1 aromatic rings. The highest BCUT2D eigenvalue weighted by atomic mass is 32.2. The SMILES string of the molecule is CS(=O)(=O)NCCN=C(N)Nc1cc(F)ccc1F. The Morgan fingerprint density at radius 2 is 2.11 bits per heavy atom. The molecule has 0 amide bonds. The van der Waals surface area contributed by atoms with E-state index in [9.17, 15) is 17.2 Å². The van der Waals surface area contributed by atoms with Crippen LogP contribution in [0.4, 0.5) is 14.5 Å². The predicted molar refractivity (Wildman–Crippen MR) is 69.3 cm³/mol. The Labute approximate surface area is 109 Å². The van der Waals surface area contributed by atoms with Gasteiger partial charge in [0.1, 0.15) is 11.6 Å². The van der Waals surface area contributed by atoms with Crippen molar-refractivity contribution in [2.75, 3.05) is 24.7 Å². The third kappa shape index (κ3) is 6.11. The Kier molecular flexibility index (Phi) is 5.19. The number of nitrogens with two attached hydrogens (primary N) is 1. The zero-order valence-corrected chi connectivity index (χ0v) is 11.0. The minimum atomic E-state index is -3.28. The normalized spacial score (nSPS) is 12.5. The van der Waals surface area contributed by atoms with E-state index in [0.717, 1.165) is 24.5 Å². The van der Waals surface area contributed by atoms with Crippen LogP contribution in [0.25, 0.3) is 0 Å². The van der Waals surface area contributed by atoms with Gasteiger partial charge in [-0.05, 0) is 12.1 Å². The predicted octanol–water partition coefficient (Wildman–Crippen LogP) is 0.241. The Balaban J connectivity index is 2.54. The fourth-order valence-corrected chi connectivity index (χ4v) is 1.64. The molecule has 19 heavy (non-hydrogen) atoms. The molecule has 9 heteroatoms. The third-order valence-corrected chi connectivity index (χ3v) is 2.68. The number of halogens is 2. The van der Waals surface area contributed by atoms with Gasteiger partial charge in [0.2, 0.25) is 10.0 Å². The van der Waals surface area contributed by atoms with Crippen LogP contribution in [-0.4, -0.2) is 33.7 Å². The number of rotatable bonds is 5. The summed E-state index contributed by atoms with van der Waals surface area (Å²) in [5.74, 6) is -1.43. The number of nitrogens with zero attached hydrogens (tertiary/aromatic N) is 1. The van der Waals surface area contributed by atoms with Crippen LogP contribution >= 0.6 is 0 Å². The number of hydrogen-bond acceptors (Lipinski definition) is 3. The summed E-state index contributed by atoms with van der Waals surface area (Å²) >= 11 is 0. The molecule has 6 nitrogen and oxygen atoms in total. The molecule has 0 radical (unpaired) electrons. The highest BCUT2D eigenvalue weighted by molar-refractivity contribution is 7.88. The van der Waals surface area contributed by atoms with Crippen molar-refractivity contribution in [3.05, 3.63) is 29.8 Å². The van der Waals surface area contributed by atoms with Crippen LogP contribution in [0.15, 0.2) is 23.2 Å². The first kappa shape index (κ1) is 15.3. The third-order valence-electron chi connectivity index (χ3n) is 1.95. The summed E-state index contributed by atoms with van der Waals surface area (Å²) in [5.41, 5.74) is 5.31. The van der Waals surface area contributed by atoms with E-state index in [-0.39, 0.29) is 24.7 Å². The van der Waals surface area contributed by atoms with Crippen LogP contribution in [0.5, 0.6) is 0 Å². The van der Waals surface area contributed by atoms with E-state index in [1.807, 2.05) is 0 Å². The van der Waals surface area contributed by atoms with Gasteiger partial charge in [-0.25, -0.2) is 21.9 Å². The summed E-state index contributed by atoms with van der Waals surface area (Å²) in [6.45, 7) is 0.135. The molecule has 106 valence electrons. The monoisotopic (exact) mass is 292 g/mol. The summed E-state index contributed by atoms with van der Waals surface area (Å²) in [7, 11) is -3.28. The van der Waals surface area contributed by atoms with Gasteiger partial charge in [0, 0.05) is 12.6 Å². The topological polar surface area (TPSA) is 96.6 Å². The van der Waals surface area contributed by atoms with Crippen LogP contribution in [-0.2, 0) is 10.0 Å². The molecule has 0 saturated heterocycles. The van der Waals surface area contributed by atoms with Gasteiger partial charge in [-0.3, -0.25) is 4.99 Å². The molecule has 0 spiro atoms. The molecule has 0 aliphatic carbocycles. The molecule has 0 fully saturated rings. The standard InChI is InChI=1S/C10H14F2N4O2S/c1-19(17,18)15-5-4-14-10(13)16-9-6-7(11)2-3-8(9)12/h2-3,6,15H,4-5H2,1H3,(H3,13,14,16). The highest BCUT2D eigenvalue weighted by Gasteiger charge is 2.04. The molecule has 0 atom stereocenters. The number of sulfonamides is 1. The minimum Gasteiger partial charge on any atom is -0.370 e. The second-order valence-corrected chi connectivity index (χ2v) is 5.52. The van der Waals surface area contributed by atoms with Crippen LogP contribution in [0.2, 0.25) is 0 Å². The van der Waals surface area contributed by atoms with Gasteiger partial charge in [-0.1, -0.05) is 0 Å². The summed E-state index contributed by atoms with van der Waals surface area (Å²) in [4.78, 5) is 3.76. The first-order valence-electron chi connectivity index (χ1n) is 5.24. The minimum absolute atomic E-state index is 0.0623. The Morgan fingerprint density at radius 3 is 2.74 bits per heavy atom. The van der Waals surface area contributed by atoms with Crippen LogP contribution < -0.4 is 15.8 Å². The first-order valence-corrected chi connectivity index (χ1v) is 7.14. The highest BCUT2D eigenvalue weighted by Crippen LogP contribution is 2.14. The Bertz CT molecular complexity index is 575. The van der Waals surface area contributed by atoms with Crippen LogP contribution in [0, 0.1) is 11.6 Å². The number of guanidine groups is 1. The van der Waals surface area contributed by atoms with E-state index < -0.39 is 21.7 Å².